The summed E-state index contributed by atoms with van der Waals surface area (Å²) in [4.78, 5) is 24.0. The molecule has 2 fully saturated rings. The number of hydrogen-bond acceptors (Lipinski definition) is 8. The summed E-state index contributed by atoms with van der Waals surface area (Å²) in [6.07, 6.45) is 4.14. The van der Waals surface area contributed by atoms with E-state index in [9.17, 15) is 0 Å². The summed E-state index contributed by atoms with van der Waals surface area (Å²) in [5.41, 5.74) is 6.67. The molecule has 2 N–H and O–H groups in total. The van der Waals surface area contributed by atoms with Gasteiger partial charge in [-0.1, -0.05) is 0 Å². The van der Waals surface area contributed by atoms with Crippen LogP contribution in [0.4, 0.5) is 11.9 Å². The van der Waals surface area contributed by atoms with Crippen LogP contribution in [0.1, 0.15) is 86.9 Å². The first-order valence-corrected chi connectivity index (χ1v) is 12.8. The molecular weight excluding hydrogens is 424 g/mol. The lowest BCUT2D eigenvalue weighted by molar-refractivity contribution is -0.0128. The summed E-state index contributed by atoms with van der Waals surface area (Å²) < 4.78 is 0. The van der Waals surface area contributed by atoms with E-state index < -0.39 is 0 Å². The van der Waals surface area contributed by atoms with Gasteiger partial charge in [-0.05, 0) is 102 Å². The molecule has 0 radical (unpaired) electrons. The molecule has 0 saturated carbocycles. The molecule has 0 amide bonds. The van der Waals surface area contributed by atoms with Crippen molar-refractivity contribution in [3.8, 4) is 0 Å². The average molecular weight is 475 g/mol. The van der Waals surface area contributed by atoms with Crippen LogP contribution in [0.15, 0.2) is 0 Å². The van der Waals surface area contributed by atoms with Gasteiger partial charge >= 0.3 is 0 Å². The summed E-state index contributed by atoms with van der Waals surface area (Å²) in [5.74, 6) is 2.18. The van der Waals surface area contributed by atoms with E-state index >= 15 is 0 Å². The van der Waals surface area contributed by atoms with Crippen molar-refractivity contribution in [1.29, 1.82) is 0 Å². The number of hydrogen-bond donors (Lipinski definition) is 1. The third-order valence-corrected chi connectivity index (χ3v) is 9.05. The minimum absolute atomic E-state index is 0.0623. The van der Waals surface area contributed by atoms with Crippen LogP contribution in [0.2, 0.25) is 0 Å². The van der Waals surface area contributed by atoms with Crippen molar-refractivity contribution in [1.82, 2.24) is 24.8 Å². The van der Waals surface area contributed by atoms with Crippen molar-refractivity contribution in [2.24, 2.45) is 5.73 Å². The molecule has 0 aromatic carbocycles. The van der Waals surface area contributed by atoms with Crippen LogP contribution in [0.5, 0.6) is 0 Å². The number of piperidine rings is 2. The molecule has 2 saturated heterocycles. The van der Waals surface area contributed by atoms with Gasteiger partial charge in [-0.25, -0.2) is 0 Å². The van der Waals surface area contributed by atoms with E-state index in [1.807, 2.05) is 6.92 Å². The minimum atomic E-state index is 0.0623. The first-order chi connectivity index (χ1) is 15.4. The standard InChI is InChI=1S/C26H50N8/c1-18-28-21(31(10)19-13-23(2,3)32(11)24(4,5)14-19)30-22(29-18)34(17-27)20-15-25(6,7)33(12)26(8,9)16-20/h19-20H,13-17,27H2,1-12H3. The molecule has 0 aliphatic carbocycles. The fourth-order valence-electron chi connectivity index (χ4n) is 6.43. The predicted molar refractivity (Wildman–Crippen MR) is 142 cm³/mol. The Balaban J connectivity index is 1.92. The highest BCUT2D eigenvalue weighted by atomic mass is 15.4. The highest BCUT2D eigenvalue weighted by Gasteiger charge is 2.46. The van der Waals surface area contributed by atoms with Crippen LogP contribution in [0.25, 0.3) is 0 Å². The largest absolute Gasteiger partial charge is 0.341 e. The van der Waals surface area contributed by atoms with Crippen LogP contribution in [-0.2, 0) is 0 Å². The summed E-state index contributed by atoms with van der Waals surface area (Å²) in [7, 11) is 6.61. The molecule has 0 atom stereocenters. The van der Waals surface area contributed by atoms with Crippen LogP contribution < -0.4 is 15.5 Å². The van der Waals surface area contributed by atoms with Crippen LogP contribution in [0, 0.1) is 6.92 Å². The van der Waals surface area contributed by atoms with Crippen LogP contribution in [0.3, 0.4) is 0 Å². The van der Waals surface area contributed by atoms with Gasteiger partial charge in [0.15, 0.2) is 0 Å². The van der Waals surface area contributed by atoms with E-state index in [0.29, 0.717) is 18.7 Å². The maximum Gasteiger partial charge on any atom is 0.231 e. The molecule has 0 bridgehead atoms. The Hall–Kier alpha value is -1.51. The molecule has 8 nitrogen and oxygen atoms in total. The molecule has 0 spiro atoms. The maximum atomic E-state index is 6.35. The Morgan fingerprint density at radius 2 is 1.12 bits per heavy atom. The fourth-order valence-corrected chi connectivity index (χ4v) is 6.43. The van der Waals surface area contributed by atoms with Gasteiger partial charge < -0.3 is 15.5 Å². The smallest absolute Gasteiger partial charge is 0.231 e. The quantitative estimate of drug-likeness (QED) is 0.648. The number of rotatable bonds is 5. The van der Waals surface area contributed by atoms with Gasteiger partial charge in [-0.2, -0.15) is 15.0 Å². The minimum Gasteiger partial charge on any atom is -0.341 e. The van der Waals surface area contributed by atoms with Crippen LogP contribution >= 0.6 is 0 Å². The van der Waals surface area contributed by atoms with Crippen molar-refractivity contribution in [2.75, 3.05) is 37.6 Å². The lowest BCUT2D eigenvalue weighted by atomic mass is 9.77. The average Bonchev–Trinajstić information content (AvgIpc) is 2.69. The summed E-state index contributed by atoms with van der Waals surface area (Å²) in [5, 5.41) is 0. The van der Waals surface area contributed by atoms with Gasteiger partial charge in [0.25, 0.3) is 0 Å². The second-order valence-corrected chi connectivity index (χ2v) is 13.2. The molecule has 194 valence electrons. The molecule has 3 heterocycles. The predicted octanol–water partition coefficient (Wildman–Crippen LogP) is 3.64. The lowest BCUT2D eigenvalue weighted by Crippen LogP contribution is -2.63. The molecule has 2 aliphatic heterocycles. The number of aromatic nitrogens is 3. The molecular formula is C26H50N8. The molecule has 1 aromatic rings. The Morgan fingerprint density at radius 3 is 1.53 bits per heavy atom. The number of likely N-dealkylation sites (tertiary alicyclic amines) is 2. The number of aryl methyl sites for hydroxylation is 1. The Kier molecular flexibility index (Phi) is 7.06. The molecule has 2 aliphatic rings. The number of anilines is 2. The highest BCUT2D eigenvalue weighted by molar-refractivity contribution is 5.41. The monoisotopic (exact) mass is 474 g/mol. The van der Waals surface area contributed by atoms with Crippen molar-refractivity contribution < 1.29 is 0 Å². The van der Waals surface area contributed by atoms with E-state index in [2.05, 4.69) is 96.1 Å². The van der Waals surface area contributed by atoms with Crippen molar-refractivity contribution in [2.45, 2.75) is 122 Å². The van der Waals surface area contributed by atoms with Gasteiger partial charge in [0, 0.05) is 41.3 Å². The Bertz CT molecular complexity index is 842. The van der Waals surface area contributed by atoms with Gasteiger partial charge in [0.1, 0.15) is 5.82 Å². The van der Waals surface area contributed by atoms with E-state index in [-0.39, 0.29) is 28.2 Å². The molecule has 8 heteroatoms. The van der Waals surface area contributed by atoms with E-state index in [0.717, 1.165) is 37.5 Å². The second kappa shape index (κ2) is 8.86. The third-order valence-electron chi connectivity index (χ3n) is 9.05. The first-order valence-electron chi connectivity index (χ1n) is 12.8. The maximum absolute atomic E-state index is 6.35. The zero-order valence-electron chi connectivity index (χ0n) is 23.9. The Labute approximate surface area is 208 Å². The SMILES string of the molecule is Cc1nc(N(C)C2CC(C)(C)N(C)C(C)(C)C2)nc(N(CN)C2CC(C)(C)N(C)C(C)(C)C2)n1. The van der Waals surface area contributed by atoms with E-state index in [4.69, 9.17) is 20.7 Å². The lowest BCUT2D eigenvalue weighted by Gasteiger charge is -2.55. The highest BCUT2D eigenvalue weighted by Crippen LogP contribution is 2.41. The molecule has 34 heavy (non-hydrogen) atoms. The summed E-state index contributed by atoms with van der Waals surface area (Å²) in [6.45, 7) is 20.9. The number of nitrogens with two attached hydrogens (primary N) is 1. The number of nitrogens with zero attached hydrogens (tertiary/aromatic N) is 7. The van der Waals surface area contributed by atoms with Crippen molar-refractivity contribution in [3.63, 3.8) is 0 Å². The molecule has 3 rings (SSSR count). The van der Waals surface area contributed by atoms with Gasteiger partial charge in [0.2, 0.25) is 11.9 Å². The normalized spacial score (nSPS) is 25.3. The second-order valence-electron chi connectivity index (χ2n) is 13.2. The van der Waals surface area contributed by atoms with E-state index in [1.54, 1.807) is 0 Å². The summed E-state index contributed by atoms with van der Waals surface area (Å²) in [6, 6.07) is 0.621. The van der Waals surface area contributed by atoms with Crippen molar-refractivity contribution >= 4 is 11.9 Å². The van der Waals surface area contributed by atoms with Gasteiger partial charge in [-0.15, -0.1) is 0 Å². The van der Waals surface area contributed by atoms with E-state index in [1.165, 1.54) is 0 Å². The van der Waals surface area contributed by atoms with Gasteiger partial charge in [-0.3, -0.25) is 9.80 Å². The van der Waals surface area contributed by atoms with Crippen LogP contribution in [-0.4, -0.2) is 86.8 Å². The third kappa shape index (κ3) is 5.05. The zero-order valence-corrected chi connectivity index (χ0v) is 23.9. The topological polar surface area (TPSA) is 77.7 Å². The van der Waals surface area contributed by atoms with Crippen molar-refractivity contribution in [3.05, 3.63) is 5.82 Å². The Morgan fingerprint density at radius 1 is 0.735 bits per heavy atom. The molecule has 1 aromatic heterocycles. The summed E-state index contributed by atoms with van der Waals surface area (Å²) >= 11 is 0. The fraction of sp³-hybridized carbons (Fsp3) is 0.885. The van der Waals surface area contributed by atoms with Gasteiger partial charge in [0.05, 0.1) is 6.67 Å². The molecule has 0 unspecified atom stereocenters. The zero-order chi connectivity index (χ0) is 25.9. The first kappa shape index (κ1) is 27.1.